The minimum atomic E-state index is -4.41. The summed E-state index contributed by atoms with van der Waals surface area (Å²) in [6.45, 7) is 0. The highest BCUT2D eigenvalue weighted by atomic mass is 32.2. The lowest BCUT2D eigenvalue weighted by Crippen LogP contribution is -2.17. The third kappa shape index (κ3) is 6.01. The minimum Gasteiger partial charge on any atom is -0.370 e. The molecule has 2 aromatic carbocycles. The van der Waals surface area contributed by atoms with Crippen LogP contribution in [0, 0.1) is 5.82 Å². The van der Waals surface area contributed by atoms with Crippen LogP contribution in [0.25, 0.3) is 11.4 Å². The van der Waals surface area contributed by atoms with Gasteiger partial charge in [0.05, 0.1) is 0 Å². The van der Waals surface area contributed by atoms with Crippen molar-refractivity contribution in [1.29, 1.82) is 0 Å². The number of carbonyl (C=O) groups is 1. The smallest absolute Gasteiger partial charge is 0.370 e. The van der Waals surface area contributed by atoms with E-state index in [-0.39, 0.29) is 35.3 Å². The molecule has 0 fully saturated rings. The molecule has 3 aromatic rings. The molecule has 0 bridgehead atoms. The number of amides is 1. The Balaban J connectivity index is 1.91. The molecule has 1 unspecified atom stereocenters. The Morgan fingerprint density at radius 1 is 1.21 bits per heavy atom. The van der Waals surface area contributed by atoms with Crippen LogP contribution in [0.3, 0.4) is 0 Å². The van der Waals surface area contributed by atoms with Gasteiger partial charge in [-0.3, -0.25) is 4.79 Å². The fraction of sp³-hybridized carbons (Fsp3) is 0.222. The maximum atomic E-state index is 14.2. The Morgan fingerprint density at radius 3 is 2.66 bits per heavy atom. The monoisotopic (exact) mass is 425 g/mol. The number of halogens is 4. The zero-order chi connectivity index (χ0) is 21.0. The average Bonchev–Trinajstić information content (AvgIpc) is 3.14. The number of carbonyl (C=O) groups excluding carboxylic acids is 1. The highest BCUT2D eigenvalue weighted by Crippen LogP contribution is 2.37. The lowest BCUT2D eigenvalue weighted by atomic mass is 9.88. The Hall–Kier alpha value is -2.95. The zero-order valence-electron chi connectivity index (χ0n) is 14.8. The van der Waals surface area contributed by atoms with E-state index in [1.54, 1.807) is 12.1 Å². The van der Waals surface area contributed by atoms with Crippen molar-refractivity contribution in [2.24, 2.45) is 5.73 Å². The Kier molecular flexibility index (Phi) is 6.16. The van der Waals surface area contributed by atoms with Crippen molar-refractivity contribution >= 4 is 17.7 Å². The molecule has 29 heavy (non-hydrogen) atoms. The maximum absolute atomic E-state index is 14.2. The molecule has 0 saturated carbocycles. The van der Waals surface area contributed by atoms with Gasteiger partial charge in [-0.15, -0.1) is 10.2 Å². The lowest BCUT2D eigenvalue weighted by molar-refractivity contribution is -0.118. The zero-order valence-corrected chi connectivity index (χ0v) is 15.6. The third-order valence-corrected chi connectivity index (χ3v) is 4.78. The second kappa shape index (κ2) is 8.60. The van der Waals surface area contributed by atoms with E-state index in [4.69, 9.17) is 5.73 Å². The molecule has 3 rings (SSSR count). The Morgan fingerprint density at radius 2 is 2.00 bits per heavy atom. The van der Waals surface area contributed by atoms with Gasteiger partial charge in [0.2, 0.25) is 11.7 Å². The summed E-state index contributed by atoms with van der Waals surface area (Å²) in [5.41, 5.74) is 2.31. The van der Waals surface area contributed by atoms with Gasteiger partial charge in [-0.1, -0.05) is 12.1 Å². The average molecular weight is 425 g/mol. The fourth-order valence-electron chi connectivity index (χ4n) is 2.97. The van der Waals surface area contributed by atoms with Gasteiger partial charge in [-0.2, -0.15) is 18.4 Å². The number of nitrogens with zero attached hydrogens (tertiary/aromatic N) is 3. The van der Waals surface area contributed by atoms with Gasteiger partial charge in [-0.25, -0.2) is 4.39 Å². The number of nitrogens with two attached hydrogens (primary N) is 1. The molecule has 0 aliphatic heterocycles. The minimum absolute atomic E-state index is 0.0274. The molecule has 152 valence electrons. The van der Waals surface area contributed by atoms with E-state index in [2.05, 4.69) is 20.6 Å². The van der Waals surface area contributed by atoms with Crippen molar-refractivity contribution in [2.75, 3.05) is 0 Å². The quantitative estimate of drug-likeness (QED) is 0.443. The number of benzene rings is 2. The van der Waals surface area contributed by atoms with Gasteiger partial charge < -0.3 is 5.73 Å². The third-order valence-electron chi connectivity index (χ3n) is 4.06. The van der Waals surface area contributed by atoms with Gasteiger partial charge >= 0.3 is 5.51 Å². The molecule has 0 aliphatic rings. The van der Waals surface area contributed by atoms with E-state index in [1.807, 2.05) is 0 Å². The number of tetrazole rings is 1. The molecular weight excluding hydrogens is 410 g/mol. The van der Waals surface area contributed by atoms with Crippen LogP contribution in [0.2, 0.25) is 0 Å². The number of thioether (sulfide) groups is 1. The first-order valence-electron chi connectivity index (χ1n) is 8.37. The second-order valence-corrected chi connectivity index (χ2v) is 7.41. The molecule has 6 nitrogen and oxygen atoms in total. The molecule has 1 atom stereocenters. The largest absolute Gasteiger partial charge is 0.446 e. The van der Waals surface area contributed by atoms with Crippen molar-refractivity contribution < 1.29 is 22.4 Å². The number of aromatic amines is 1. The van der Waals surface area contributed by atoms with Crippen LogP contribution in [0.1, 0.15) is 23.5 Å². The molecule has 1 amide bonds. The van der Waals surface area contributed by atoms with Crippen LogP contribution in [-0.2, 0) is 11.2 Å². The highest BCUT2D eigenvalue weighted by molar-refractivity contribution is 8.00. The summed E-state index contributed by atoms with van der Waals surface area (Å²) in [6, 6.07) is 9.97. The standard InChI is InChI=1S/C18H15F4N5OS/c19-14-7-12(6-13(8-14)17-24-26-27-25-17)11(9-16(23)28)4-10-2-1-3-15(5-10)29-18(20,21)22/h1-3,5-8,11H,4,9H2,(H2,23,28)(H,24,25,26,27). The Labute approximate surface area is 166 Å². The number of nitrogens with one attached hydrogen (secondary N) is 1. The topological polar surface area (TPSA) is 97.5 Å². The van der Waals surface area contributed by atoms with Crippen molar-refractivity contribution in [3.05, 3.63) is 59.4 Å². The first-order valence-corrected chi connectivity index (χ1v) is 9.18. The summed E-state index contributed by atoms with van der Waals surface area (Å²) in [5.74, 6) is -1.55. The summed E-state index contributed by atoms with van der Waals surface area (Å²) < 4.78 is 52.1. The molecule has 0 saturated heterocycles. The van der Waals surface area contributed by atoms with Crippen molar-refractivity contribution in [2.45, 2.75) is 29.2 Å². The first kappa shape index (κ1) is 20.8. The predicted octanol–water partition coefficient (Wildman–Crippen LogP) is 3.82. The summed E-state index contributed by atoms with van der Waals surface area (Å²) in [4.78, 5) is 11.6. The maximum Gasteiger partial charge on any atom is 0.446 e. The highest BCUT2D eigenvalue weighted by Gasteiger charge is 2.29. The summed E-state index contributed by atoms with van der Waals surface area (Å²) in [6.07, 6.45) is 0.0934. The van der Waals surface area contributed by atoms with E-state index in [0.717, 1.165) is 0 Å². The van der Waals surface area contributed by atoms with Gasteiger partial charge in [0.15, 0.2) is 0 Å². The van der Waals surface area contributed by atoms with E-state index in [0.29, 0.717) is 16.7 Å². The van der Waals surface area contributed by atoms with Crippen molar-refractivity contribution in [1.82, 2.24) is 20.6 Å². The molecule has 0 aliphatic carbocycles. The van der Waals surface area contributed by atoms with Gasteiger partial charge in [0.25, 0.3) is 0 Å². The van der Waals surface area contributed by atoms with E-state index in [9.17, 15) is 22.4 Å². The molecule has 0 radical (unpaired) electrons. The second-order valence-electron chi connectivity index (χ2n) is 6.28. The molecular formula is C18H15F4N5OS. The molecule has 11 heteroatoms. The van der Waals surface area contributed by atoms with Crippen LogP contribution in [-0.4, -0.2) is 32.0 Å². The number of hydrogen-bond acceptors (Lipinski definition) is 5. The summed E-state index contributed by atoms with van der Waals surface area (Å²) >= 11 is -0.224. The number of rotatable bonds is 7. The number of alkyl halides is 3. The summed E-state index contributed by atoms with van der Waals surface area (Å²) in [7, 11) is 0. The molecule has 3 N–H and O–H groups in total. The van der Waals surface area contributed by atoms with Crippen LogP contribution >= 0.6 is 11.8 Å². The van der Waals surface area contributed by atoms with E-state index in [1.165, 1.54) is 30.3 Å². The summed E-state index contributed by atoms with van der Waals surface area (Å²) in [5, 5.41) is 13.3. The van der Waals surface area contributed by atoms with Crippen molar-refractivity contribution in [3.63, 3.8) is 0 Å². The van der Waals surface area contributed by atoms with Crippen LogP contribution in [0.5, 0.6) is 0 Å². The number of hydrogen-bond donors (Lipinski definition) is 2. The lowest BCUT2D eigenvalue weighted by Gasteiger charge is -2.17. The SMILES string of the molecule is NC(=O)CC(Cc1cccc(SC(F)(F)F)c1)c1cc(F)cc(-c2nn[nH]n2)c1. The molecule has 1 aromatic heterocycles. The number of aromatic nitrogens is 4. The van der Waals surface area contributed by atoms with E-state index < -0.39 is 23.2 Å². The number of H-pyrrole nitrogens is 1. The predicted molar refractivity (Wildman–Crippen MR) is 98.2 cm³/mol. The van der Waals surface area contributed by atoms with Crippen LogP contribution < -0.4 is 5.73 Å². The van der Waals surface area contributed by atoms with Crippen LogP contribution in [0.15, 0.2) is 47.4 Å². The Bertz CT molecular complexity index is 994. The number of primary amides is 1. The van der Waals surface area contributed by atoms with Crippen molar-refractivity contribution in [3.8, 4) is 11.4 Å². The molecule has 1 heterocycles. The molecule has 0 spiro atoms. The van der Waals surface area contributed by atoms with Crippen LogP contribution in [0.4, 0.5) is 17.6 Å². The van der Waals surface area contributed by atoms with Gasteiger partial charge in [0, 0.05) is 16.9 Å². The van der Waals surface area contributed by atoms with Gasteiger partial charge in [-0.05, 0) is 70.8 Å². The first-order chi connectivity index (χ1) is 13.7. The van der Waals surface area contributed by atoms with E-state index >= 15 is 0 Å². The van der Waals surface area contributed by atoms with Gasteiger partial charge in [0.1, 0.15) is 5.82 Å². The normalized spacial score (nSPS) is 12.7. The fourth-order valence-corrected chi connectivity index (χ4v) is 3.59.